The van der Waals surface area contributed by atoms with E-state index in [0.717, 1.165) is 15.0 Å². The smallest absolute Gasteiger partial charge is 0.242 e. The predicted octanol–water partition coefficient (Wildman–Crippen LogP) is 3.37. The molecule has 0 spiro atoms. The standard InChI is InChI=1S/C13H15BrN2O2S2/c1-16(2)20(17,18)12-5-3-4-11(7-12)15-8-10-6-13(14)19-9-10/h3-7,9,15H,8H2,1-2H3. The number of sulfonamides is 1. The average Bonchev–Trinajstić information content (AvgIpc) is 2.82. The van der Waals surface area contributed by atoms with Crippen LogP contribution in [-0.4, -0.2) is 26.8 Å². The molecule has 4 nitrogen and oxygen atoms in total. The van der Waals surface area contributed by atoms with Crippen molar-refractivity contribution in [2.45, 2.75) is 11.4 Å². The second-order valence-electron chi connectivity index (χ2n) is 4.43. The summed E-state index contributed by atoms with van der Waals surface area (Å²) >= 11 is 5.04. The van der Waals surface area contributed by atoms with Crippen LogP contribution in [0.5, 0.6) is 0 Å². The van der Waals surface area contributed by atoms with Crippen LogP contribution in [0.25, 0.3) is 0 Å². The van der Waals surface area contributed by atoms with Gasteiger partial charge in [-0.05, 0) is 51.1 Å². The lowest BCUT2D eigenvalue weighted by molar-refractivity contribution is 0.521. The van der Waals surface area contributed by atoms with E-state index in [0.29, 0.717) is 11.4 Å². The van der Waals surface area contributed by atoms with Gasteiger partial charge in [0, 0.05) is 26.3 Å². The van der Waals surface area contributed by atoms with E-state index in [1.807, 2.05) is 12.1 Å². The first kappa shape index (κ1) is 15.5. The normalized spacial score (nSPS) is 11.8. The zero-order valence-electron chi connectivity index (χ0n) is 11.1. The highest BCUT2D eigenvalue weighted by molar-refractivity contribution is 9.11. The van der Waals surface area contributed by atoms with Gasteiger partial charge in [0.25, 0.3) is 0 Å². The summed E-state index contributed by atoms with van der Waals surface area (Å²) in [5.74, 6) is 0. The number of thiophene rings is 1. The molecule has 108 valence electrons. The van der Waals surface area contributed by atoms with Gasteiger partial charge in [-0.2, -0.15) is 0 Å². The molecule has 0 aliphatic rings. The predicted molar refractivity (Wildman–Crippen MR) is 86.7 cm³/mol. The lowest BCUT2D eigenvalue weighted by atomic mass is 10.3. The summed E-state index contributed by atoms with van der Waals surface area (Å²) in [5.41, 5.74) is 1.94. The first-order valence-corrected chi connectivity index (χ1v) is 9.00. The van der Waals surface area contributed by atoms with E-state index in [9.17, 15) is 8.42 Å². The van der Waals surface area contributed by atoms with Crippen molar-refractivity contribution in [2.24, 2.45) is 0 Å². The van der Waals surface area contributed by atoms with Gasteiger partial charge >= 0.3 is 0 Å². The molecule has 0 bridgehead atoms. The maximum absolute atomic E-state index is 12.1. The Morgan fingerprint density at radius 2 is 2.05 bits per heavy atom. The maximum Gasteiger partial charge on any atom is 0.242 e. The number of hydrogen-bond donors (Lipinski definition) is 1. The van der Waals surface area contributed by atoms with E-state index >= 15 is 0 Å². The molecule has 1 heterocycles. The van der Waals surface area contributed by atoms with Gasteiger partial charge < -0.3 is 5.32 Å². The molecular formula is C13H15BrN2O2S2. The Bertz CT molecular complexity index is 696. The Morgan fingerprint density at radius 3 is 2.65 bits per heavy atom. The molecule has 0 unspecified atom stereocenters. The molecule has 20 heavy (non-hydrogen) atoms. The van der Waals surface area contributed by atoms with Crippen LogP contribution in [0.2, 0.25) is 0 Å². The Labute approximate surface area is 131 Å². The Hall–Kier alpha value is -0.890. The number of anilines is 1. The fourth-order valence-corrected chi connectivity index (χ4v) is 3.78. The monoisotopic (exact) mass is 374 g/mol. The van der Waals surface area contributed by atoms with Crippen LogP contribution in [0.3, 0.4) is 0 Å². The largest absolute Gasteiger partial charge is 0.381 e. The van der Waals surface area contributed by atoms with Crippen LogP contribution < -0.4 is 5.32 Å². The highest BCUT2D eigenvalue weighted by atomic mass is 79.9. The SMILES string of the molecule is CN(C)S(=O)(=O)c1cccc(NCc2csc(Br)c2)c1. The zero-order valence-corrected chi connectivity index (χ0v) is 14.3. The minimum Gasteiger partial charge on any atom is -0.381 e. The van der Waals surface area contributed by atoms with Crippen molar-refractivity contribution in [1.82, 2.24) is 4.31 Å². The summed E-state index contributed by atoms with van der Waals surface area (Å²) in [5, 5.41) is 5.28. The third-order valence-corrected chi connectivity index (χ3v) is 6.10. The molecular weight excluding hydrogens is 360 g/mol. The molecule has 0 fully saturated rings. The second kappa shape index (κ2) is 6.26. The maximum atomic E-state index is 12.1. The summed E-state index contributed by atoms with van der Waals surface area (Å²) in [6.07, 6.45) is 0. The summed E-state index contributed by atoms with van der Waals surface area (Å²) in [6.45, 7) is 0.660. The minimum atomic E-state index is -3.39. The molecule has 0 aliphatic carbocycles. The number of benzene rings is 1. The molecule has 0 saturated heterocycles. The molecule has 2 aromatic rings. The van der Waals surface area contributed by atoms with Gasteiger partial charge in [0.15, 0.2) is 0 Å². The molecule has 1 aromatic heterocycles. The molecule has 7 heteroatoms. The van der Waals surface area contributed by atoms with Crippen molar-refractivity contribution in [3.63, 3.8) is 0 Å². The van der Waals surface area contributed by atoms with E-state index in [1.165, 1.54) is 18.4 Å². The van der Waals surface area contributed by atoms with Gasteiger partial charge in [-0.1, -0.05) is 6.07 Å². The minimum absolute atomic E-state index is 0.291. The summed E-state index contributed by atoms with van der Waals surface area (Å²) in [6, 6.07) is 8.88. The van der Waals surface area contributed by atoms with Crippen molar-refractivity contribution in [3.05, 3.63) is 45.1 Å². The van der Waals surface area contributed by atoms with Crippen molar-refractivity contribution >= 4 is 43.0 Å². The average molecular weight is 375 g/mol. The van der Waals surface area contributed by atoms with E-state index in [1.54, 1.807) is 29.5 Å². The second-order valence-corrected chi connectivity index (χ2v) is 8.87. The molecule has 0 saturated carbocycles. The van der Waals surface area contributed by atoms with E-state index in [-0.39, 0.29) is 0 Å². The first-order valence-electron chi connectivity index (χ1n) is 5.89. The topological polar surface area (TPSA) is 49.4 Å². The summed E-state index contributed by atoms with van der Waals surface area (Å²) in [4.78, 5) is 0.291. The third kappa shape index (κ3) is 3.60. The number of nitrogens with zero attached hydrogens (tertiary/aromatic N) is 1. The van der Waals surface area contributed by atoms with Crippen LogP contribution in [0.4, 0.5) is 5.69 Å². The molecule has 2 rings (SSSR count). The molecule has 1 N–H and O–H groups in total. The Kier molecular flexibility index (Phi) is 4.85. The van der Waals surface area contributed by atoms with Crippen molar-refractivity contribution in [3.8, 4) is 0 Å². The highest BCUT2D eigenvalue weighted by Crippen LogP contribution is 2.22. The van der Waals surface area contributed by atoms with Crippen LogP contribution in [0.1, 0.15) is 5.56 Å². The lowest BCUT2D eigenvalue weighted by Crippen LogP contribution is -2.22. The highest BCUT2D eigenvalue weighted by Gasteiger charge is 2.17. The van der Waals surface area contributed by atoms with Gasteiger partial charge in [-0.3, -0.25) is 0 Å². The quantitative estimate of drug-likeness (QED) is 0.872. The van der Waals surface area contributed by atoms with Crippen LogP contribution in [0.15, 0.2) is 44.4 Å². The number of nitrogens with one attached hydrogen (secondary N) is 1. The molecule has 0 aliphatic heterocycles. The third-order valence-electron chi connectivity index (χ3n) is 2.73. The number of halogens is 1. The first-order chi connectivity index (χ1) is 9.39. The zero-order chi connectivity index (χ0) is 14.8. The van der Waals surface area contributed by atoms with Crippen LogP contribution >= 0.6 is 27.3 Å². The molecule has 0 radical (unpaired) electrons. The van der Waals surface area contributed by atoms with E-state index in [2.05, 4.69) is 26.6 Å². The van der Waals surface area contributed by atoms with Gasteiger partial charge in [-0.15, -0.1) is 11.3 Å². The fraction of sp³-hybridized carbons (Fsp3) is 0.231. The van der Waals surface area contributed by atoms with E-state index in [4.69, 9.17) is 0 Å². The van der Waals surface area contributed by atoms with Gasteiger partial charge in [0.05, 0.1) is 8.68 Å². The lowest BCUT2D eigenvalue weighted by Gasteiger charge is -2.12. The Balaban J connectivity index is 2.14. The van der Waals surface area contributed by atoms with Crippen LogP contribution in [-0.2, 0) is 16.6 Å². The van der Waals surface area contributed by atoms with Crippen LogP contribution in [0, 0.1) is 0 Å². The fourth-order valence-electron chi connectivity index (χ4n) is 1.62. The Morgan fingerprint density at radius 1 is 1.30 bits per heavy atom. The number of rotatable bonds is 5. The number of hydrogen-bond acceptors (Lipinski definition) is 4. The van der Waals surface area contributed by atoms with Crippen molar-refractivity contribution in [1.29, 1.82) is 0 Å². The van der Waals surface area contributed by atoms with Gasteiger partial charge in [0.2, 0.25) is 10.0 Å². The van der Waals surface area contributed by atoms with Gasteiger partial charge in [-0.25, -0.2) is 12.7 Å². The van der Waals surface area contributed by atoms with Crippen molar-refractivity contribution < 1.29 is 8.42 Å². The molecule has 0 atom stereocenters. The van der Waals surface area contributed by atoms with Gasteiger partial charge in [0.1, 0.15) is 0 Å². The summed E-state index contributed by atoms with van der Waals surface area (Å²) in [7, 11) is -0.338. The summed E-state index contributed by atoms with van der Waals surface area (Å²) < 4.78 is 26.4. The van der Waals surface area contributed by atoms with Crippen molar-refractivity contribution in [2.75, 3.05) is 19.4 Å². The molecule has 1 aromatic carbocycles. The molecule has 0 amide bonds. The van der Waals surface area contributed by atoms with E-state index < -0.39 is 10.0 Å².